The van der Waals surface area contributed by atoms with Crippen LogP contribution in [0.2, 0.25) is 0 Å². The summed E-state index contributed by atoms with van der Waals surface area (Å²) >= 11 is 1.41. The number of ether oxygens (including phenoxy) is 3. The fraction of sp³-hybridized carbons (Fsp3) is 0.684. The smallest absolute Gasteiger partial charge is 0.341 e. The molecule has 0 radical (unpaired) electrons. The molecule has 1 aromatic heterocycles. The van der Waals surface area contributed by atoms with Crippen molar-refractivity contribution in [1.82, 2.24) is 0 Å². The molecule has 0 aromatic carbocycles. The van der Waals surface area contributed by atoms with Crippen molar-refractivity contribution in [2.24, 2.45) is 5.92 Å². The molecule has 3 aliphatic rings. The van der Waals surface area contributed by atoms with E-state index in [4.69, 9.17) is 14.2 Å². The molecule has 1 N–H and O–H groups in total. The predicted molar refractivity (Wildman–Crippen MR) is 97.4 cm³/mol. The molecular formula is C19H25NO5S. The van der Waals surface area contributed by atoms with Gasteiger partial charge in [-0.3, -0.25) is 4.79 Å². The molecule has 26 heavy (non-hydrogen) atoms. The Labute approximate surface area is 157 Å². The lowest BCUT2D eigenvalue weighted by Crippen LogP contribution is -2.51. The van der Waals surface area contributed by atoms with E-state index in [1.165, 1.54) is 17.8 Å². The lowest BCUT2D eigenvalue weighted by molar-refractivity contribution is -0.159. The molecule has 1 aliphatic carbocycles. The fourth-order valence-electron chi connectivity index (χ4n) is 4.44. The van der Waals surface area contributed by atoms with Crippen LogP contribution in [0, 0.1) is 5.92 Å². The minimum Gasteiger partial charge on any atom is -0.462 e. The first-order valence-electron chi connectivity index (χ1n) is 9.44. The van der Waals surface area contributed by atoms with Crippen LogP contribution in [0.5, 0.6) is 0 Å². The maximum absolute atomic E-state index is 13.1. The van der Waals surface area contributed by atoms with E-state index < -0.39 is 11.6 Å². The fourth-order valence-corrected chi connectivity index (χ4v) is 5.63. The molecule has 4 rings (SSSR count). The van der Waals surface area contributed by atoms with E-state index >= 15 is 0 Å². The molecular weight excluding hydrogens is 354 g/mol. The van der Waals surface area contributed by atoms with Gasteiger partial charge in [-0.2, -0.15) is 0 Å². The highest BCUT2D eigenvalue weighted by Gasteiger charge is 2.47. The van der Waals surface area contributed by atoms with Gasteiger partial charge in [0.1, 0.15) is 16.2 Å². The number of carbonyl (C=O) groups is 2. The number of nitrogens with one attached hydrogen (secondary N) is 1. The summed E-state index contributed by atoms with van der Waals surface area (Å²) in [7, 11) is 0. The molecule has 0 spiro atoms. The highest BCUT2D eigenvalue weighted by atomic mass is 32.1. The number of anilines is 1. The zero-order valence-corrected chi connectivity index (χ0v) is 16.1. The van der Waals surface area contributed by atoms with E-state index in [0.29, 0.717) is 36.3 Å². The molecule has 2 bridgehead atoms. The van der Waals surface area contributed by atoms with Crippen LogP contribution in [0.15, 0.2) is 0 Å². The average molecular weight is 379 g/mol. The number of hydrogen-bond donors (Lipinski definition) is 1. The zero-order valence-electron chi connectivity index (χ0n) is 15.3. The molecule has 7 heteroatoms. The van der Waals surface area contributed by atoms with E-state index in [1.54, 1.807) is 6.92 Å². The topological polar surface area (TPSA) is 73.9 Å². The Morgan fingerprint density at radius 3 is 3.04 bits per heavy atom. The van der Waals surface area contributed by atoms with Gasteiger partial charge in [-0.05, 0) is 45.4 Å². The molecule has 3 heterocycles. The van der Waals surface area contributed by atoms with Crippen molar-refractivity contribution in [3.8, 4) is 0 Å². The van der Waals surface area contributed by atoms with Crippen molar-refractivity contribution in [2.45, 2.75) is 64.3 Å². The summed E-state index contributed by atoms with van der Waals surface area (Å²) in [5, 5.41) is 3.58. The zero-order chi connectivity index (χ0) is 18.3. The summed E-state index contributed by atoms with van der Waals surface area (Å²) in [5.41, 5.74) is 0.556. The third-order valence-corrected chi connectivity index (χ3v) is 6.82. The molecule has 6 nitrogen and oxygen atoms in total. The Morgan fingerprint density at radius 1 is 1.38 bits per heavy atom. The second-order valence-electron chi connectivity index (χ2n) is 7.36. The van der Waals surface area contributed by atoms with Crippen LogP contribution in [0.25, 0.3) is 0 Å². The highest BCUT2D eigenvalue weighted by molar-refractivity contribution is 7.17. The normalized spacial score (nSPS) is 29.9. The Bertz CT molecular complexity index is 718. The molecule has 2 aliphatic heterocycles. The second kappa shape index (κ2) is 6.94. The molecule has 1 aromatic rings. The highest BCUT2D eigenvalue weighted by Crippen LogP contribution is 2.46. The number of hydrogen-bond acceptors (Lipinski definition) is 6. The number of thiophene rings is 1. The predicted octanol–water partition coefficient (Wildman–Crippen LogP) is 3.80. The van der Waals surface area contributed by atoms with Gasteiger partial charge in [0, 0.05) is 17.0 Å². The van der Waals surface area contributed by atoms with Gasteiger partial charge >= 0.3 is 5.97 Å². The number of rotatable bonds is 4. The quantitative estimate of drug-likeness (QED) is 0.806. The summed E-state index contributed by atoms with van der Waals surface area (Å²) < 4.78 is 16.8. The van der Waals surface area contributed by atoms with Gasteiger partial charge in [0.25, 0.3) is 5.91 Å². The Kier molecular flexibility index (Phi) is 4.79. The van der Waals surface area contributed by atoms with E-state index in [2.05, 4.69) is 5.32 Å². The molecule has 2 fully saturated rings. The number of amides is 1. The van der Waals surface area contributed by atoms with E-state index in [1.807, 2.05) is 6.92 Å². The first kappa shape index (κ1) is 17.9. The Hall–Kier alpha value is -1.44. The molecule has 3 unspecified atom stereocenters. The van der Waals surface area contributed by atoms with Gasteiger partial charge in [-0.1, -0.05) is 6.42 Å². The summed E-state index contributed by atoms with van der Waals surface area (Å²) in [4.78, 5) is 26.7. The van der Waals surface area contributed by atoms with Crippen LogP contribution in [0.3, 0.4) is 0 Å². The van der Waals surface area contributed by atoms with Gasteiger partial charge in [0.15, 0.2) is 0 Å². The van der Waals surface area contributed by atoms with Gasteiger partial charge < -0.3 is 19.5 Å². The average Bonchev–Trinajstić information content (AvgIpc) is 3.14. The van der Waals surface area contributed by atoms with Crippen molar-refractivity contribution < 1.29 is 23.8 Å². The van der Waals surface area contributed by atoms with E-state index in [0.717, 1.165) is 36.1 Å². The van der Waals surface area contributed by atoms with Gasteiger partial charge in [0.2, 0.25) is 0 Å². The van der Waals surface area contributed by atoms with E-state index in [-0.39, 0.29) is 12.0 Å². The van der Waals surface area contributed by atoms with Crippen LogP contribution in [-0.2, 0) is 25.6 Å². The van der Waals surface area contributed by atoms with Crippen molar-refractivity contribution >= 4 is 28.2 Å². The summed E-state index contributed by atoms with van der Waals surface area (Å²) in [6.07, 6.45) is 4.57. The van der Waals surface area contributed by atoms with Gasteiger partial charge in [-0.25, -0.2) is 4.79 Å². The van der Waals surface area contributed by atoms with E-state index in [9.17, 15) is 9.59 Å². The summed E-state index contributed by atoms with van der Waals surface area (Å²) in [6, 6.07) is 0. The maximum Gasteiger partial charge on any atom is 0.341 e. The van der Waals surface area contributed by atoms with Gasteiger partial charge in [0.05, 0.1) is 19.3 Å². The van der Waals surface area contributed by atoms with Crippen molar-refractivity contribution in [3.05, 3.63) is 16.0 Å². The number of esters is 1. The Balaban J connectivity index is 1.63. The SMILES string of the molecule is CCOC(=O)c1c(NC(=O)C23CCCC(CCO2)C3)sc2c1C(C)OC2. The van der Waals surface area contributed by atoms with Crippen LogP contribution >= 0.6 is 11.3 Å². The lowest BCUT2D eigenvalue weighted by Gasteiger charge is -2.43. The number of fused-ring (bicyclic) bond motifs is 3. The van der Waals surface area contributed by atoms with Gasteiger partial charge in [-0.15, -0.1) is 11.3 Å². The Morgan fingerprint density at radius 2 is 2.23 bits per heavy atom. The third kappa shape index (κ3) is 2.96. The standard InChI is InChI=1S/C19H25NO5S/c1-3-23-17(21)15-14-11(2)24-10-13(14)26-16(15)20-18(22)19-7-4-5-12(9-19)6-8-25-19/h11-12H,3-10H2,1-2H3,(H,20,22). The lowest BCUT2D eigenvalue weighted by atomic mass is 9.74. The monoisotopic (exact) mass is 379 g/mol. The molecule has 142 valence electrons. The van der Waals surface area contributed by atoms with Crippen molar-refractivity contribution in [2.75, 3.05) is 18.5 Å². The van der Waals surface area contributed by atoms with Crippen LogP contribution in [0.1, 0.15) is 72.9 Å². The minimum absolute atomic E-state index is 0.124. The van der Waals surface area contributed by atoms with Crippen LogP contribution in [0.4, 0.5) is 5.00 Å². The largest absolute Gasteiger partial charge is 0.462 e. The molecule has 3 atom stereocenters. The first-order valence-corrected chi connectivity index (χ1v) is 10.3. The molecule has 1 saturated heterocycles. The first-order chi connectivity index (χ1) is 12.5. The third-order valence-electron chi connectivity index (χ3n) is 5.73. The van der Waals surface area contributed by atoms with Crippen molar-refractivity contribution in [1.29, 1.82) is 0 Å². The van der Waals surface area contributed by atoms with Crippen LogP contribution in [-0.4, -0.2) is 30.7 Å². The summed E-state index contributed by atoms with van der Waals surface area (Å²) in [5.74, 6) is 0.0386. The summed E-state index contributed by atoms with van der Waals surface area (Å²) in [6.45, 7) is 5.09. The van der Waals surface area contributed by atoms with Crippen molar-refractivity contribution in [3.63, 3.8) is 0 Å². The maximum atomic E-state index is 13.1. The molecule has 1 saturated carbocycles. The van der Waals surface area contributed by atoms with Crippen LogP contribution < -0.4 is 5.32 Å². The molecule has 1 amide bonds. The minimum atomic E-state index is -0.746. The second-order valence-corrected chi connectivity index (χ2v) is 8.47. The number of carbonyl (C=O) groups excluding carboxylic acids is 2.